The monoisotopic (exact) mass is 477 g/mol. The van der Waals surface area contributed by atoms with E-state index in [-0.39, 0.29) is 17.1 Å². The molecule has 3 N–H and O–H groups in total. The third kappa shape index (κ3) is 4.14. The Morgan fingerprint density at radius 1 is 1.29 bits per heavy atom. The Labute approximate surface area is 196 Å². The highest BCUT2D eigenvalue weighted by Crippen LogP contribution is 2.23. The van der Waals surface area contributed by atoms with Crippen molar-refractivity contribution in [2.24, 2.45) is 0 Å². The number of sulfonamides is 1. The smallest absolute Gasteiger partial charge is 0.241 e. The largest absolute Gasteiger partial charge is 0.361 e. The van der Waals surface area contributed by atoms with Crippen LogP contribution in [0.5, 0.6) is 0 Å². The molecule has 174 valence electrons. The van der Waals surface area contributed by atoms with E-state index in [2.05, 4.69) is 26.1 Å². The molecule has 3 aromatic heterocycles. The number of imidazole rings is 1. The Hall–Kier alpha value is -3.72. The normalized spacial score (nSPS) is 16.7. The van der Waals surface area contributed by atoms with Crippen molar-refractivity contribution in [1.29, 1.82) is 5.26 Å². The number of nitriles is 1. The van der Waals surface area contributed by atoms with E-state index in [0.717, 1.165) is 5.69 Å². The van der Waals surface area contributed by atoms with E-state index >= 15 is 0 Å². The zero-order valence-corrected chi connectivity index (χ0v) is 19.0. The maximum atomic E-state index is 13.6. The van der Waals surface area contributed by atoms with Crippen molar-refractivity contribution in [3.05, 3.63) is 72.7 Å². The molecular weight excluding hydrogens is 454 g/mol. The van der Waals surface area contributed by atoms with Gasteiger partial charge in [0, 0.05) is 48.2 Å². The first-order valence-electron chi connectivity index (χ1n) is 10.9. The van der Waals surface area contributed by atoms with Crippen molar-refractivity contribution in [2.75, 3.05) is 0 Å². The zero-order valence-electron chi connectivity index (χ0n) is 18.2. The fourth-order valence-electron chi connectivity index (χ4n) is 4.37. The van der Waals surface area contributed by atoms with Crippen molar-refractivity contribution >= 4 is 26.7 Å². The predicted octanol–water partition coefficient (Wildman–Crippen LogP) is 1.52. The van der Waals surface area contributed by atoms with Crippen LogP contribution in [0.3, 0.4) is 0 Å². The highest BCUT2D eigenvalue weighted by atomic mass is 32.2. The van der Waals surface area contributed by atoms with Crippen molar-refractivity contribution in [1.82, 2.24) is 29.1 Å². The summed E-state index contributed by atoms with van der Waals surface area (Å²) in [6, 6.07) is 10.7. The molecule has 4 heterocycles. The number of nitrogens with one attached hydrogen (secondary N) is 3. The molecule has 0 fully saturated rings. The SMILES string of the molecule is N#Cc1cccn1CCC(NS(=O)(=O)c1cccc2[nH]ccc12)C(=O)C1Cc2cncn2CN1. The van der Waals surface area contributed by atoms with Crippen LogP contribution in [0, 0.1) is 11.3 Å². The van der Waals surface area contributed by atoms with Gasteiger partial charge in [-0.3, -0.25) is 10.1 Å². The molecule has 0 spiro atoms. The molecular formula is C23H23N7O3S. The third-order valence-corrected chi connectivity index (χ3v) is 7.68. The van der Waals surface area contributed by atoms with Gasteiger partial charge in [-0.15, -0.1) is 0 Å². The number of aryl methyl sites for hydroxylation is 1. The van der Waals surface area contributed by atoms with E-state index < -0.39 is 22.1 Å². The highest BCUT2D eigenvalue weighted by Gasteiger charge is 2.33. The lowest BCUT2D eigenvalue weighted by Crippen LogP contribution is -2.53. The first-order chi connectivity index (χ1) is 16.5. The number of nitrogens with zero attached hydrogens (tertiary/aromatic N) is 4. The van der Waals surface area contributed by atoms with Gasteiger partial charge in [0.1, 0.15) is 11.8 Å². The quantitative estimate of drug-likeness (QED) is 0.352. The van der Waals surface area contributed by atoms with E-state index in [9.17, 15) is 18.5 Å². The number of fused-ring (bicyclic) bond motifs is 2. The summed E-state index contributed by atoms with van der Waals surface area (Å²) in [7, 11) is -4.01. The molecule has 2 unspecified atom stereocenters. The maximum absolute atomic E-state index is 13.6. The van der Waals surface area contributed by atoms with Crippen molar-refractivity contribution in [2.45, 2.75) is 43.0 Å². The number of Topliss-reactive ketones (excluding diaryl/α,β-unsaturated/α-hetero) is 1. The second kappa shape index (κ2) is 8.90. The number of H-pyrrole nitrogens is 1. The number of carbonyl (C=O) groups is 1. The number of aromatic amines is 1. The number of hydrogen-bond acceptors (Lipinski definition) is 6. The lowest BCUT2D eigenvalue weighted by Gasteiger charge is -2.28. The van der Waals surface area contributed by atoms with Crippen molar-refractivity contribution in [3.8, 4) is 6.07 Å². The van der Waals surface area contributed by atoms with E-state index in [0.29, 0.717) is 36.2 Å². The van der Waals surface area contributed by atoms with Gasteiger partial charge >= 0.3 is 0 Å². The molecule has 0 amide bonds. The molecule has 10 nitrogen and oxygen atoms in total. The Balaban J connectivity index is 1.43. The second-order valence-electron chi connectivity index (χ2n) is 8.23. The van der Waals surface area contributed by atoms with Crippen LogP contribution in [0.2, 0.25) is 0 Å². The maximum Gasteiger partial charge on any atom is 0.241 e. The molecule has 1 aliphatic rings. The minimum atomic E-state index is -4.01. The minimum Gasteiger partial charge on any atom is -0.361 e. The van der Waals surface area contributed by atoms with Crippen LogP contribution in [0.4, 0.5) is 0 Å². The van der Waals surface area contributed by atoms with Gasteiger partial charge in [0.25, 0.3) is 0 Å². The summed E-state index contributed by atoms with van der Waals surface area (Å²) in [6.45, 7) is 0.734. The lowest BCUT2D eigenvalue weighted by atomic mass is 9.98. The molecule has 0 bridgehead atoms. The van der Waals surface area contributed by atoms with E-state index in [1.54, 1.807) is 59.8 Å². The van der Waals surface area contributed by atoms with Crippen molar-refractivity contribution in [3.63, 3.8) is 0 Å². The van der Waals surface area contributed by atoms with E-state index in [4.69, 9.17) is 0 Å². The second-order valence-corrected chi connectivity index (χ2v) is 9.91. The van der Waals surface area contributed by atoms with Crippen LogP contribution in [-0.2, 0) is 34.5 Å². The van der Waals surface area contributed by atoms with Gasteiger partial charge in [0.05, 0.1) is 30.0 Å². The highest BCUT2D eigenvalue weighted by molar-refractivity contribution is 7.89. The molecule has 1 aromatic carbocycles. The fourth-order valence-corrected chi connectivity index (χ4v) is 5.83. The Morgan fingerprint density at radius 3 is 3.03 bits per heavy atom. The van der Waals surface area contributed by atoms with Gasteiger partial charge in [0.15, 0.2) is 5.78 Å². The molecule has 0 aliphatic carbocycles. The Kier molecular flexibility index (Phi) is 5.79. The number of hydrogen-bond donors (Lipinski definition) is 3. The number of rotatable bonds is 8. The molecule has 34 heavy (non-hydrogen) atoms. The summed E-state index contributed by atoms with van der Waals surface area (Å²) in [4.78, 5) is 20.8. The lowest BCUT2D eigenvalue weighted by molar-refractivity contribution is -0.123. The molecule has 1 aliphatic heterocycles. The van der Waals surface area contributed by atoms with Crippen LogP contribution in [-0.4, -0.2) is 45.4 Å². The van der Waals surface area contributed by atoms with Gasteiger partial charge in [-0.2, -0.15) is 5.26 Å². The fraction of sp³-hybridized carbons (Fsp3) is 0.261. The average molecular weight is 478 g/mol. The van der Waals surface area contributed by atoms with Crippen LogP contribution >= 0.6 is 0 Å². The topological polar surface area (TPSA) is 138 Å². The summed E-state index contributed by atoms with van der Waals surface area (Å²) < 4.78 is 33.1. The Morgan fingerprint density at radius 2 is 2.18 bits per heavy atom. The number of ketones is 1. The first-order valence-corrected chi connectivity index (χ1v) is 12.3. The van der Waals surface area contributed by atoms with Crippen LogP contribution in [0.1, 0.15) is 17.8 Å². The number of aromatic nitrogens is 4. The van der Waals surface area contributed by atoms with E-state index in [1.807, 2.05) is 4.57 Å². The van der Waals surface area contributed by atoms with Crippen LogP contribution < -0.4 is 10.0 Å². The number of carbonyl (C=O) groups excluding carboxylic acids is 1. The minimum absolute atomic E-state index is 0.109. The van der Waals surface area contributed by atoms with Gasteiger partial charge in [-0.25, -0.2) is 18.1 Å². The van der Waals surface area contributed by atoms with Crippen LogP contribution in [0.25, 0.3) is 10.9 Å². The first kappa shape index (κ1) is 22.1. The summed E-state index contributed by atoms with van der Waals surface area (Å²) in [6.07, 6.45) is 7.44. The molecule has 0 saturated heterocycles. The average Bonchev–Trinajstić information content (AvgIpc) is 3.60. The van der Waals surface area contributed by atoms with Crippen molar-refractivity contribution < 1.29 is 13.2 Å². The summed E-state index contributed by atoms with van der Waals surface area (Å²) in [5, 5.41) is 13.0. The molecule has 11 heteroatoms. The molecule has 5 rings (SSSR count). The van der Waals surface area contributed by atoms with E-state index in [1.165, 1.54) is 6.07 Å². The molecule has 0 radical (unpaired) electrons. The summed E-state index contributed by atoms with van der Waals surface area (Å²) in [5.41, 5.74) is 2.05. The summed E-state index contributed by atoms with van der Waals surface area (Å²) in [5.74, 6) is -0.247. The third-order valence-electron chi connectivity index (χ3n) is 6.15. The molecule has 2 atom stereocenters. The van der Waals surface area contributed by atoms with Gasteiger partial charge in [-0.1, -0.05) is 6.07 Å². The molecule has 4 aromatic rings. The van der Waals surface area contributed by atoms with Crippen LogP contribution in [0.15, 0.2) is 66.2 Å². The van der Waals surface area contributed by atoms with Gasteiger partial charge in [0.2, 0.25) is 10.0 Å². The molecule has 0 saturated carbocycles. The van der Waals surface area contributed by atoms with Gasteiger partial charge < -0.3 is 14.1 Å². The number of benzene rings is 1. The zero-order chi connectivity index (χ0) is 23.7. The standard InChI is InChI=1S/C23H23N7O3S/c24-12-16-3-2-9-29(16)10-7-20(23(31)21-11-17-13-25-14-30(17)15-27-21)28-34(32,33)22-5-1-4-19-18(22)6-8-26-19/h1-6,8-9,13-14,20-21,26-28H,7,10-11,15H2. The Bertz CT molecular complexity index is 1490. The predicted molar refractivity (Wildman–Crippen MR) is 124 cm³/mol. The summed E-state index contributed by atoms with van der Waals surface area (Å²) >= 11 is 0. The van der Waals surface area contributed by atoms with Gasteiger partial charge in [-0.05, 0) is 36.8 Å².